The minimum atomic E-state index is -0.793. The van der Waals surface area contributed by atoms with E-state index in [-0.39, 0.29) is 11.8 Å². The van der Waals surface area contributed by atoms with Gasteiger partial charge in [-0.3, -0.25) is 14.4 Å². The van der Waals surface area contributed by atoms with Crippen LogP contribution in [0, 0.1) is 0 Å². The van der Waals surface area contributed by atoms with Crippen LogP contribution in [0.2, 0.25) is 0 Å². The van der Waals surface area contributed by atoms with Gasteiger partial charge in [0.1, 0.15) is 10.6 Å². The second kappa shape index (κ2) is 6.41. The maximum Gasteiger partial charge on any atom is 0.308 e. The number of thioether (sulfide) groups is 1. The van der Waals surface area contributed by atoms with Gasteiger partial charge >= 0.3 is 5.97 Å². The normalized spacial score (nSPS) is 20.0. The zero-order valence-electron chi connectivity index (χ0n) is 13.2. The first-order chi connectivity index (χ1) is 10.7. The Hall–Kier alpha value is -2.35. The fourth-order valence-electron chi connectivity index (χ4n) is 2.19. The lowest BCUT2D eigenvalue weighted by atomic mass is 10.1. The van der Waals surface area contributed by atoms with Crippen molar-refractivity contribution in [1.82, 2.24) is 10.3 Å². The molecule has 23 heavy (non-hydrogen) atoms. The summed E-state index contributed by atoms with van der Waals surface area (Å²) in [5, 5.41) is 8.46. The third-order valence-corrected chi connectivity index (χ3v) is 4.31. The molecule has 7 nitrogen and oxygen atoms in total. The number of carbonyl (C=O) groups excluding carboxylic acids is 3. The number of nitrogens with one attached hydrogen (secondary N) is 1. The number of amidine groups is 1. The van der Waals surface area contributed by atoms with Crippen molar-refractivity contribution in [3.8, 4) is 5.75 Å². The molecule has 0 unspecified atom stereocenters. The number of amides is 2. The highest BCUT2D eigenvalue weighted by Crippen LogP contribution is 2.45. The van der Waals surface area contributed by atoms with E-state index >= 15 is 0 Å². The summed E-state index contributed by atoms with van der Waals surface area (Å²) in [5.41, 5.74) is 0.790. The first-order valence-electron chi connectivity index (χ1n) is 6.87. The highest BCUT2D eigenvalue weighted by molar-refractivity contribution is 8.14. The summed E-state index contributed by atoms with van der Waals surface area (Å²) in [6.45, 7) is 5.95. The van der Waals surface area contributed by atoms with Crippen molar-refractivity contribution >= 4 is 34.7 Å². The van der Waals surface area contributed by atoms with Gasteiger partial charge in [0.25, 0.3) is 0 Å². The van der Waals surface area contributed by atoms with Crippen LogP contribution in [0.1, 0.15) is 33.3 Å². The number of nitrogens with zero attached hydrogens (tertiary/aromatic N) is 2. The van der Waals surface area contributed by atoms with Gasteiger partial charge in [-0.15, -0.1) is 5.10 Å². The molecule has 2 rings (SSSR count). The molecule has 1 atom stereocenters. The molecule has 1 aliphatic rings. The van der Waals surface area contributed by atoms with E-state index in [0.717, 1.165) is 5.56 Å². The average molecular weight is 335 g/mol. The topological polar surface area (TPSA) is 88.1 Å². The number of carbonyl (C=O) groups is 3. The number of ether oxygens (including phenoxy) is 1. The predicted octanol–water partition coefficient (Wildman–Crippen LogP) is 1.79. The molecule has 122 valence electrons. The lowest BCUT2D eigenvalue weighted by molar-refractivity contribution is -0.132. The number of rotatable bonds is 2. The third kappa shape index (κ3) is 3.70. The SMILES string of the molecule is CC(=O)NC1=NN(C(C)=O)[C@](C)(c2ccc(OC(C)=O)cc2)S1. The molecule has 1 aliphatic heterocycles. The van der Waals surface area contributed by atoms with E-state index in [4.69, 9.17) is 4.74 Å². The Kier molecular flexibility index (Phi) is 4.74. The van der Waals surface area contributed by atoms with Crippen LogP contribution in [-0.2, 0) is 19.3 Å². The van der Waals surface area contributed by atoms with Crippen molar-refractivity contribution in [2.75, 3.05) is 0 Å². The van der Waals surface area contributed by atoms with Crippen LogP contribution >= 0.6 is 11.8 Å². The van der Waals surface area contributed by atoms with Gasteiger partial charge in [0.15, 0.2) is 5.17 Å². The lowest BCUT2D eigenvalue weighted by Crippen LogP contribution is -2.37. The number of benzene rings is 1. The number of hydrogen-bond acceptors (Lipinski definition) is 6. The maximum atomic E-state index is 11.9. The van der Waals surface area contributed by atoms with Gasteiger partial charge < -0.3 is 10.1 Å². The average Bonchev–Trinajstić information content (AvgIpc) is 2.76. The van der Waals surface area contributed by atoms with E-state index in [9.17, 15) is 14.4 Å². The van der Waals surface area contributed by atoms with Gasteiger partial charge in [-0.1, -0.05) is 23.9 Å². The molecule has 2 amide bonds. The Bertz CT molecular complexity index is 686. The number of esters is 1. The molecule has 0 aliphatic carbocycles. The van der Waals surface area contributed by atoms with Crippen molar-refractivity contribution in [1.29, 1.82) is 0 Å². The standard InChI is InChI=1S/C15H17N3O4S/c1-9(19)16-14-17-18(10(2)20)15(4,23-14)12-5-7-13(8-6-12)22-11(3)21/h5-8H,1-4H3,(H,16,17,19)/t15-/m0/s1. The van der Waals surface area contributed by atoms with E-state index in [1.54, 1.807) is 24.3 Å². The second-order valence-corrected chi connectivity index (χ2v) is 6.51. The summed E-state index contributed by atoms with van der Waals surface area (Å²) in [7, 11) is 0. The summed E-state index contributed by atoms with van der Waals surface area (Å²) in [5.74, 6) is -0.482. The predicted molar refractivity (Wildman–Crippen MR) is 86.5 cm³/mol. The van der Waals surface area contributed by atoms with Crippen LogP contribution < -0.4 is 10.1 Å². The highest BCUT2D eigenvalue weighted by atomic mass is 32.2. The molecule has 0 saturated carbocycles. The van der Waals surface area contributed by atoms with Crippen LogP contribution in [-0.4, -0.2) is 28.0 Å². The minimum Gasteiger partial charge on any atom is -0.427 e. The number of hydrogen-bond donors (Lipinski definition) is 1. The molecular weight excluding hydrogens is 318 g/mol. The summed E-state index contributed by atoms with van der Waals surface area (Å²) in [6.07, 6.45) is 0. The molecule has 8 heteroatoms. The van der Waals surface area contributed by atoms with Crippen molar-refractivity contribution < 1.29 is 19.1 Å². The van der Waals surface area contributed by atoms with E-state index in [1.807, 2.05) is 6.92 Å². The fourth-order valence-corrected chi connectivity index (χ4v) is 3.39. The molecule has 1 aromatic carbocycles. The van der Waals surface area contributed by atoms with E-state index < -0.39 is 10.8 Å². The zero-order valence-corrected chi connectivity index (χ0v) is 14.1. The first kappa shape index (κ1) is 17.0. The van der Waals surface area contributed by atoms with Crippen molar-refractivity contribution in [3.63, 3.8) is 0 Å². The van der Waals surface area contributed by atoms with Crippen molar-refractivity contribution in [3.05, 3.63) is 29.8 Å². The van der Waals surface area contributed by atoms with E-state index in [2.05, 4.69) is 10.4 Å². The van der Waals surface area contributed by atoms with Gasteiger partial charge in [0.05, 0.1) is 0 Å². The molecule has 1 heterocycles. The number of hydrazone groups is 1. The Morgan fingerprint density at radius 3 is 2.26 bits per heavy atom. The van der Waals surface area contributed by atoms with Crippen LogP contribution in [0.3, 0.4) is 0 Å². The molecule has 1 N–H and O–H groups in total. The van der Waals surface area contributed by atoms with Crippen LogP contribution in [0.15, 0.2) is 29.4 Å². The molecule has 0 spiro atoms. The largest absolute Gasteiger partial charge is 0.427 e. The monoisotopic (exact) mass is 335 g/mol. The summed E-state index contributed by atoms with van der Waals surface area (Å²) in [4.78, 5) is 33.3. The zero-order chi connectivity index (χ0) is 17.2. The van der Waals surface area contributed by atoms with Gasteiger partial charge in [-0.25, -0.2) is 5.01 Å². The quantitative estimate of drug-likeness (QED) is 0.657. The molecular formula is C15H17N3O4S. The minimum absolute atomic E-state index is 0.246. The Balaban J connectivity index is 2.30. The fraction of sp³-hybridized carbons (Fsp3) is 0.333. The van der Waals surface area contributed by atoms with Gasteiger partial charge in [-0.2, -0.15) is 0 Å². The van der Waals surface area contributed by atoms with E-state index in [0.29, 0.717) is 10.9 Å². The molecule has 0 saturated heterocycles. The van der Waals surface area contributed by atoms with Crippen molar-refractivity contribution in [2.45, 2.75) is 32.6 Å². The van der Waals surface area contributed by atoms with Crippen LogP contribution in [0.25, 0.3) is 0 Å². The van der Waals surface area contributed by atoms with Crippen LogP contribution in [0.4, 0.5) is 0 Å². The first-order valence-corrected chi connectivity index (χ1v) is 7.69. The second-order valence-electron chi connectivity index (χ2n) is 5.12. The summed E-state index contributed by atoms with van der Waals surface area (Å²) in [6, 6.07) is 6.81. The molecule has 0 bridgehead atoms. The summed E-state index contributed by atoms with van der Waals surface area (Å²) >= 11 is 1.27. The van der Waals surface area contributed by atoms with Gasteiger partial charge in [0.2, 0.25) is 11.8 Å². The molecule has 1 aromatic rings. The third-order valence-electron chi connectivity index (χ3n) is 3.12. The summed E-state index contributed by atoms with van der Waals surface area (Å²) < 4.78 is 5.00. The Morgan fingerprint density at radius 2 is 1.78 bits per heavy atom. The molecule has 0 radical (unpaired) electrons. The Labute approximate surface area is 138 Å². The van der Waals surface area contributed by atoms with Crippen molar-refractivity contribution in [2.24, 2.45) is 5.10 Å². The highest BCUT2D eigenvalue weighted by Gasteiger charge is 2.43. The Morgan fingerprint density at radius 1 is 1.17 bits per heavy atom. The van der Waals surface area contributed by atoms with Gasteiger partial charge in [0, 0.05) is 20.8 Å². The maximum absolute atomic E-state index is 11.9. The van der Waals surface area contributed by atoms with Gasteiger partial charge in [-0.05, 0) is 24.6 Å². The molecule has 0 fully saturated rings. The lowest BCUT2D eigenvalue weighted by Gasteiger charge is -2.31. The smallest absolute Gasteiger partial charge is 0.308 e. The molecule has 0 aromatic heterocycles. The van der Waals surface area contributed by atoms with Crippen LogP contribution in [0.5, 0.6) is 5.75 Å². The van der Waals surface area contributed by atoms with E-state index in [1.165, 1.54) is 37.5 Å².